The molecule has 10 heteroatoms. The summed E-state index contributed by atoms with van der Waals surface area (Å²) in [5, 5.41) is 0.447. The Labute approximate surface area is 163 Å². The predicted molar refractivity (Wildman–Crippen MR) is 104 cm³/mol. The van der Waals surface area contributed by atoms with Gasteiger partial charge in [0.15, 0.2) is 9.84 Å². The maximum Gasteiger partial charge on any atom is 0.222 e. The zero-order chi connectivity index (χ0) is 19.6. The van der Waals surface area contributed by atoms with E-state index in [2.05, 4.69) is 19.9 Å². The fourth-order valence-corrected chi connectivity index (χ4v) is 4.10. The van der Waals surface area contributed by atoms with Crippen molar-refractivity contribution < 1.29 is 13.2 Å². The van der Waals surface area contributed by atoms with Crippen LogP contribution in [0, 0.1) is 6.92 Å². The first-order chi connectivity index (χ1) is 12.7. The Bertz CT molecular complexity index is 918. The molecule has 0 saturated carbocycles. The molecule has 8 nitrogen and oxygen atoms in total. The lowest BCUT2D eigenvalue weighted by Crippen LogP contribution is -2.32. The molecule has 1 atom stereocenters. The van der Waals surface area contributed by atoms with Crippen LogP contribution in [0.5, 0.6) is 0 Å². The van der Waals surface area contributed by atoms with Gasteiger partial charge in [0.25, 0.3) is 0 Å². The Morgan fingerprint density at radius 1 is 1.37 bits per heavy atom. The standard InChI is InChI=1S/C17H22ClN5O3S/c1-11-6-16(22-17(19)21-11)23-4-3-5-26-9-15(23)13-8-20-12(7-14(13)18)10-27(2,24)25/h6-8,15H,3-5,9-10H2,1-2H3,(H2,19,21,22)/t15-/m1/s1. The van der Waals surface area contributed by atoms with Crippen LogP contribution in [0.4, 0.5) is 11.8 Å². The van der Waals surface area contributed by atoms with Gasteiger partial charge in [0, 0.05) is 48.0 Å². The summed E-state index contributed by atoms with van der Waals surface area (Å²) in [6.45, 7) is 3.61. The number of hydrogen-bond acceptors (Lipinski definition) is 8. The number of nitrogens with two attached hydrogens (primary N) is 1. The van der Waals surface area contributed by atoms with E-state index in [0.29, 0.717) is 36.3 Å². The van der Waals surface area contributed by atoms with Gasteiger partial charge in [0.1, 0.15) is 5.82 Å². The summed E-state index contributed by atoms with van der Waals surface area (Å²) >= 11 is 6.49. The SMILES string of the molecule is Cc1cc(N2CCCOC[C@@H]2c2cnc(CS(C)(=O)=O)cc2Cl)nc(N)n1. The number of halogens is 1. The molecule has 146 valence electrons. The van der Waals surface area contributed by atoms with Gasteiger partial charge in [-0.15, -0.1) is 0 Å². The van der Waals surface area contributed by atoms with Crippen molar-refractivity contribution in [3.63, 3.8) is 0 Å². The molecule has 1 aliphatic heterocycles. The lowest BCUT2D eigenvalue weighted by atomic mass is 10.1. The van der Waals surface area contributed by atoms with Gasteiger partial charge in [-0.3, -0.25) is 4.98 Å². The molecule has 1 aliphatic rings. The molecular weight excluding hydrogens is 390 g/mol. The smallest absolute Gasteiger partial charge is 0.222 e. The molecule has 0 amide bonds. The van der Waals surface area contributed by atoms with Crippen LogP contribution in [0.2, 0.25) is 5.02 Å². The third kappa shape index (κ3) is 5.06. The second kappa shape index (κ2) is 7.95. The van der Waals surface area contributed by atoms with Crippen molar-refractivity contribution in [2.24, 2.45) is 0 Å². The van der Waals surface area contributed by atoms with Gasteiger partial charge in [0.2, 0.25) is 5.95 Å². The average Bonchev–Trinajstić information content (AvgIpc) is 2.78. The van der Waals surface area contributed by atoms with Gasteiger partial charge in [-0.2, -0.15) is 4.98 Å². The first kappa shape index (κ1) is 19.8. The minimum absolute atomic E-state index is 0.153. The first-order valence-corrected chi connectivity index (χ1v) is 10.9. The van der Waals surface area contributed by atoms with Crippen LogP contribution in [-0.4, -0.2) is 49.4 Å². The highest BCUT2D eigenvalue weighted by atomic mass is 35.5. The first-order valence-electron chi connectivity index (χ1n) is 8.50. The maximum atomic E-state index is 11.5. The molecule has 0 aromatic carbocycles. The molecular formula is C17H22ClN5O3S. The highest BCUT2D eigenvalue weighted by Crippen LogP contribution is 2.33. The average molecular weight is 412 g/mol. The molecule has 0 unspecified atom stereocenters. The number of pyridine rings is 1. The number of nitrogens with zero attached hydrogens (tertiary/aromatic N) is 4. The van der Waals surface area contributed by atoms with E-state index >= 15 is 0 Å². The van der Waals surface area contributed by atoms with E-state index in [1.165, 1.54) is 6.26 Å². The number of hydrogen-bond donors (Lipinski definition) is 1. The van der Waals surface area contributed by atoms with Gasteiger partial charge in [-0.05, 0) is 19.4 Å². The van der Waals surface area contributed by atoms with E-state index in [0.717, 1.165) is 17.7 Å². The third-order valence-corrected chi connectivity index (χ3v) is 5.35. The summed E-state index contributed by atoms with van der Waals surface area (Å²) < 4.78 is 28.8. The minimum Gasteiger partial charge on any atom is -0.379 e. The molecule has 27 heavy (non-hydrogen) atoms. The van der Waals surface area contributed by atoms with Crippen molar-refractivity contribution in [3.8, 4) is 0 Å². The molecule has 3 heterocycles. The van der Waals surface area contributed by atoms with E-state index in [-0.39, 0.29) is 17.7 Å². The van der Waals surface area contributed by atoms with E-state index < -0.39 is 9.84 Å². The maximum absolute atomic E-state index is 11.5. The quantitative estimate of drug-likeness (QED) is 0.812. The monoisotopic (exact) mass is 411 g/mol. The van der Waals surface area contributed by atoms with Crippen molar-refractivity contribution in [3.05, 3.63) is 40.3 Å². The number of aryl methyl sites for hydroxylation is 1. The number of ether oxygens (including phenoxy) is 1. The summed E-state index contributed by atoms with van der Waals surface area (Å²) in [5.74, 6) is 0.757. The Balaban J connectivity index is 1.98. The van der Waals surface area contributed by atoms with Crippen LogP contribution >= 0.6 is 11.6 Å². The topological polar surface area (TPSA) is 111 Å². The van der Waals surface area contributed by atoms with Crippen LogP contribution in [0.15, 0.2) is 18.3 Å². The largest absolute Gasteiger partial charge is 0.379 e. The van der Waals surface area contributed by atoms with Gasteiger partial charge in [-0.25, -0.2) is 13.4 Å². The van der Waals surface area contributed by atoms with Crippen LogP contribution in [0.1, 0.15) is 29.4 Å². The fourth-order valence-electron chi connectivity index (χ4n) is 3.10. The number of nitrogen functional groups attached to an aromatic ring is 1. The van der Waals surface area contributed by atoms with Crippen LogP contribution in [-0.2, 0) is 20.3 Å². The van der Waals surface area contributed by atoms with Crippen molar-refractivity contribution >= 4 is 33.2 Å². The lowest BCUT2D eigenvalue weighted by Gasteiger charge is -2.31. The van der Waals surface area contributed by atoms with Gasteiger partial charge < -0.3 is 15.4 Å². The van der Waals surface area contributed by atoms with E-state index in [9.17, 15) is 8.42 Å². The molecule has 2 N–H and O–H groups in total. The van der Waals surface area contributed by atoms with Gasteiger partial charge >= 0.3 is 0 Å². The molecule has 2 aromatic rings. The van der Waals surface area contributed by atoms with Gasteiger partial charge in [0.05, 0.1) is 24.1 Å². The van der Waals surface area contributed by atoms with Crippen molar-refractivity contribution in [1.29, 1.82) is 0 Å². The van der Waals surface area contributed by atoms with E-state index in [4.69, 9.17) is 22.1 Å². The highest BCUT2D eigenvalue weighted by Gasteiger charge is 2.27. The molecule has 0 aliphatic carbocycles. The molecule has 1 fully saturated rings. The summed E-state index contributed by atoms with van der Waals surface area (Å²) in [4.78, 5) is 14.9. The van der Waals surface area contributed by atoms with E-state index in [1.54, 1.807) is 12.3 Å². The zero-order valence-electron chi connectivity index (χ0n) is 15.2. The normalized spacial score (nSPS) is 18.3. The fraction of sp³-hybridized carbons (Fsp3) is 0.471. The minimum atomic E-state index is -3.19. The third-order valence-electron chi connectivity index (χ3n) is 4.20. The summed E-state index contributed by atoms with van der Waals surface area (Å²) in [6, 6.07) is 3.25. The highest BCUT2D eigenvalue weighted by molar-refractivity contribution is 7.89. The lowest BCUT2D eigenvalue weighted by molar-refractivity contribution is 0.134. The number of sulfone groups is 1. The summed E-state index contributed by atoms with van der Waals surface area (Å²) in [6.07, 6.45) is 3.61. The van der Waals surface area contributed by atoms with Crippen LogP contribution in [0.25, 0.3) is 0 Å². The molecule has 1 saturated heterocycles. The predicted octanol–water partition coefficient (Wildman–Crippen LogP) is 1.93. The molecule has 2 aromatic heterocycles. The number of anilines is 2. The Morgan fingerprint density at radius 3 is 2.81 bits per heavy atom. The molecule has 0 radical (unpaired) electrons. The van der Waals surface area contributed by atoms with Crippen molar-refractivity contribution in [2.75, 3.05) is 36.6 Å². The van der Waals surface area contributed by atoms with E-state index in [1.807, 2.05) is 13.0 Å². The second-order valence-electron chi connectivity index (χ2n) is 6.63. The Hall–Kier alpha value is -1.97. The Morgan fingerprint density at radius 2 is 2.15 bits per heavy atom. The zero-order valence-corrected chi connectivity index (χ0v) is 16.8. The van der Waals surface area contributed by atoms with Crippen LogP contribution in [0.3, 0.4) is 0 Å². The molecule has 0 spiro atoms. The van der Waals surface area contributed by atoms with Gasteiger partial charge in [-0.1, -0.05) is 11.6 Å². The number of rotatable bonds is 4. The molecule has 3 rings (SSSR count). The summed E-state index contributed by atoms with van der Waals surface area (Å²) in [7, 11) is -3.19. The second-order valence-corrected chi connectivity index (χ2v) is 9.18. The number of aromatic nitrogens is 3. The van der Waals surface area contributed by atoms with Crippen molar-refractivity contribution in [1.82, 2.24) is 15.0 Å². The van der Waals surface area contributed by atoms with Crippen LogP contribution < -0.4 is 10.6 Å². The Kier molecular flexibility index (Phi) is 5.83. The summed E-state index contributed by atoms with van der Waals surface area (Å²) in [5.41, 5.74) is 7.76. The molecule has 0 bridgehead atoms. The van der Waals surface area contributed by atoms with Crippen molar-refractivity contribution in [2.45, 2.75) is 25.1 Å².